The number of carbonyl (C=O) groups excluding carboxylic acids is 2. The van der Waals surface area contributed by atoms with Crippen LogP contribution in [0.5, 0.6) is 5.75 Å². The predicted molar refractivity (Wildman–Crippen MR) is 101 cm³/mol. The van der Waals surface area contributed by atoms with E-state index >= 15 is 0 Å². The zero-order valence-electron chi connectivity index (χ0n) is 13.9. The first-order valence-corrected chi connectivity index (χ1v) is 7.84. The molecule has 0 unspecified atom stereocenters. The van der Waals surface area contributed by atoms with Gasteiger partial charge in [0.15, 0.2) is 5.96 Å². The summed E-state index contributed by atoms with van der Waals surface area (Å²) < 4.78 is 5.64. The molecular weight excluding hydrogens is 356 g/mol. The third-order valence-corrected chi connectivity index (χ3v) is 3.75. The first-order chi connectivity index (χ1) is 12.1. The largest absolute Gasteiger partial charge is 0.493 e. The number of rotatable bonds is 6. The van der Waals surface area contributed by atoms with E-state index in [4.69, 9.17) is 16.2 Å². The van der Waals surface area contributed by atoms with Crippen LogP contribution in [0.2, 0.25) is 0 Å². The molecule has 2 aromatic rings. The average molecular weight is 375 g/mol. The lowest BCUT2D eigenvalue weighted by atomic mass is 10.1. The first kappa shape index (κ1) is 19.3. The van der Waals surface area contributed by atoms with Gasteiger partial charge in [0.25, 0.3) is 11.8 Å². The number of ether oxygens (including phenoxy) is 1. The van der Waals surface area contributed by atoms with E-state index in [9.17, 15) is 9.59 Å². The van der Waals surface area contributed by atoms with Crippen molar-refractivity contribution in [1.29, 1.82) is 0 Å². The maximum atomic E-state index is 12.2. The van der Waals surface area contributed by atoms with Crippen LogP contribution >= 0.6 is 12.4 Å². The number of nitrogens with two attached hydrogens (primary N) is 2. The highest BCUT2D eigenvalue weighted by molar-refractivity contribution is 6.21. The molecule has 1 aliphatic heterocycles. The highest BCUT2D eigenvalue weighted by Crippen LogP contribution is 2.23. The third-order valence-electron chi connectivity index (χ3n) is 3.75. The van der Waals surface area contributed by atoms with Crippen LogP contribution in [-0.2, 0) is 0 Å². The monoisotopic (exact) mass is 374 g/mol. The number of halogens is 1. The molecule has 2 amide bonds. The normalized spacial score (nSPS) is 12.4. The molecule has 136 valence electrons. The number of aliphatic imine (C=N–C) groups is 1. The Morgan fingerprint density at radius 2 is 1.65 bits per heavy atom. The van der Waals surface area contributed by atoms with E-state index in [1.807, 2.05) is 0 Å². The molecule has 0 atom stereocenters. The molecule has 0 saturated heterocycles. The topological polar surface area (TPSA) is 111 Å². The zero-order valence-corrected chi connectivity index (χ0v) is 14.7. The lowest BCUT2D eigenvalue weighted by Crippen LogP contribution is -2.31. The fourth-order valence-electron chi connectivity index (χ4n) is 2.65. The predicted octanol–water partition coefficient (Wildman–Crippen LogP) is 2.08. The molecule has 0 radical (unpaired) electrons. The molecule has 0 saturated carbocycles. The molecule has 0 fully saturated rings. The van der Waals surface area contributed by atoms with Gasteiger partial charge in [-0.2, -0.15) is 0 Å². The van der Waals surface area contributed by atoms with E-state index in [1.165, 1.54) is 4.90 Å². The Bertz CT molecular complexity index is 815. The second-order valence-electron chi connectivity index (χ2n) is 5.54. The number of hydrogen-bond acceptors (Lipinski definition) is 4. The first-order valence-electron chi connectivity index (χ1n) is 7.84. The summed E-state index contributed by atoms with van der Waals surface area (Å²) >= 11 is 0. The summed E-state index contributed by atoms with van der Waals surface area (Å²) in [5.41, 5.74) is 12.2. The minimum Gasteiger partial charge on any atom is -0.493 e. The maximum Gasteiger partial charge on any atom is 0.261 e. The fourth-order valence-corrected chi connectivity index (χ4v) is 2.65. The molecular formula is C18H19ClN4O3. The lowest BCUT2D eigenvalue weighted by molar-refractivity contribution is 0.0647. The lowest BCUT2D eigenvalue weighted by Gasteiger charge is -2.14. The fraction of sp³-hybridized carbons (Fsp3) is 0.167. The summed E-state index contributed by atoms with van der Waals surface area (Å²) in [6, 6.07) is 13.9. The van der Waals surface area contributed by atoms with E-state index in [0.29, 0.717) is 42.1 Å². The Kier molecular flexibility index (Phi) is 6.19. The van der Waals surface area contributed by atoms with Crippen molar-refractivity contribution in [1.82, 2.24) is 4.90 Å². The van der Waals surface area contributed by atoms with Crippen molar-refractivity contribution >= 4 is 35.9 Å². The Balaban J connectivity index is 0.00000243. The van der Waals surface area contributed by atoms with Crippen LogP contribution in [0.15, 0.2) is 53.5 Å². The van der Waals surface area contributed by atoms with Crippen LogP contribution in [0.1, 0.15) is 27.1 Å². The summed E-state index contributed by atoms with van der Waals surface area (Å²) in [5, 5.41) is 0. The van der Waals surface area contributed by atoms with Gasteiger partial charge in [0, 0.05) is 12.6 Å². The van der Waals surface area contributed by atoms with E-state index in [0.717, 1.165) is 0 Å². The highest BCUT2D eigenvalue weighted by Gasteiger charge is 2.34. The van der Waals surface area contributed by atoms with Gasteiger partial charge in [-0.25, -0.2) is 4.99 Å². The second-order valence-corrected chi connectivity index (χ2v) is 5.54. The summed E-state index contributed by atoms with van der Waals surface area (Å²) in [6.45, 7) is 0.665. The molecule has 1 aliphatic rings. The quantitative estimate of drug-likeness (QED) is 0.348. The van der Waals surface area contributed by atoms with Gasteiger partial charge in [0.2, 0.25) is 0 Å². The molecule has 4 N–H and O–H groups in total. The van der Waals surface area contributed by atoms with Crippen molar-refractivity contribution in [2.24, 2.45) is 16.5 Å². The number of hydrogen-bond donors (Lipinski definition) is 2. The second kappa shape index (κ2) is 8.35. The van der Waals surface area contributed by atoms with Crippen molar-refractivity contribution in [2.45, 2.75) is 6.42 Å². The number of guanidine groups is 1. The Hall–Kier alpha value is -3.06. The molecule has 0 bridgehead atoms. The van der Waals surface area contributed by atoms with Crippen LogP contribution in [-0.4, -0.2) is 35.8 Å². The van der Waals surface area contributed by atoms with Gasteiger partial charge in [-0.15, -0.1) is 12.4 Å². The summed E-state index contributed by atoms with van der Waals surface area (Å²) in [7, 11) is 0. The van der Waals surface area contributed by atoms with Gasteiger partial charge in [-0.05, 0) is 30.7 Å². The SMILES string of the molecule is Cl.NC(N)=Nc1cccc(OCCCN2C(=O)c3ccccc3C2=O)c1. The molecule has 0 aliphatic carbocycles. The van der Waals surface area contributed by atoms with Gasteiger partial charge < -0.3 is 16.2 Å². The van der Waals surface area contributed by atoms with Crippen LogP contribution in [0, 0.1) is 0 Å². The molecule has 0 aromatic heterocycles. The van der Waals surface area contributed by atoms with Crippen LogP contribution in [0.3, 0.4) is 0 Å². The molecule has 8 heteroatoms. The summed E-state index contributed by atoms with van der Waals surface area (Å²) in [5.74, 6) is 0.0818. The van der Waals surface area contributed by atoms with E-state index in [2.05, 4.69) is 4.99 Å². The smallest absolute Gasteiger partial charge is 0.261 e. The van der Waals surface area contributed by atoms with Crippen molar-refractivity contribution in [3.63, 3.8) is 0 Å². The number of imide groups is 1. The minimum atomic E-state index is -0.254. The number of fused-ring (bicyclic) bond motifs is 1. The van der Waals surface area contributed by atoms with Crippen LogP contribution < -0.4 is 16.2 Å². The van der Waals surface area contributed by atoms with Crippen molar-refractivity contribution in [3.05, 3.63) is 59.7 Å². The number of benzene rings is 2. The number of amides is 2. The van der Waals surface area contributed by atoms with Gasteiger partial charge in [-0.3, -0.25) is 14.5 Å². The number of nitrogens with zero attached hydrogens (tertiary/aromatic N) is 2. The Morgan fingerprint density at radius 3 is 2.27 bits per heavy atom. The van der Waals surface area contributed by atoms with Crippen LogP contribution in [0.25, 0.3) is 0 Å². The minimum absolute atomic E-state index is 0. The van der Waals surface area contributed by atoms with E-state index in [1.54, 1.807) is 48.5 Å². The van der Waals surface area contributed by atoms with Crippen molar-refractivity contribution in [2.75, 3.05) is 13.2 Å². The molecule has 3 rings (SSSR count). The average Bonchev–Trinajstić information content (AvgIpc) is 2.83. The van der Waals surface area contributed by atoms with Gasteiger partial charge in [0.05, 0.1) is 23.4 Å². The van der Waals surface area contributed by atoms with Crippen molar-refractivity contribution < 1.29 is 14.3 Å². The molecule has 7 nitrogen and oxygen atoms in total. The maximum absolute atomic E-state index is 12.2. The standard InChI is InChI=1S/C18H18N4O3.ClH/c19-18(20)21-12-5-3-6-13(11-12)25-10-4-9-22-16(23)14-7-1-2-8-15(14)17(22)24;/h1-3,5-8,11H,4,9-10H2,(H4,19,20,21);1H. The summed E-state index contributed by atoms with van der Waals surface area (Å²) in [4.78, 5) is 29.7. The highest BCUT2D eigenvalue weighted by atomic mass is 35.5. The molecule has 2 aromatic carbocycles. The van der Waals surface area contributed by atoms with Crippen LogP contribution in [0.4, 0.5) is 5.69 Å². The van der Waals surface area contributed by atoms with Gasteiger partial charge in [-0.1, -0.05) is 18.2 Å². The van der Waals surface area contributed by atoms with E-state index in [-0.39, 0.29) is 30.2 Å². The Morgan fingerprint density at radius 1 is 1.00 bits per heavy atom. The molecule has 0 spiro atoms. The molecule has 1 heterocycles. The molecule has 26 heavy (non-hydrogen) atoms. The van der Waals surface area contributed by atoms with Crippen molar-refractivity contribution in [3.8, 4) is 5.75 Å². The Labute approximate surface area is 157 Å². The zero-order chi connectivity index (χ0) is 17.8. The third kappa shape index (κ3) is 4.12. The summed E-state index contributed by atoms with van der Waals surface area (Å²) in [6.07, 6.45) is 0.526. The van der Waals surface area contributed by atoms with E-state index < -0.39 is 0 Å². The number of carbonyl (C=O) groups is 2. The van der Waals surface area contributed by atoms with Gasteiger partial charge in [0.1, 0.15) is 5.75 Å². The van der Waals surface area contributed by atoms with Gasteiger partial charge >= 0.3 is 0 Å².